The monoisotopic (exact) mass is 537 g/mol. The Kier molecular flexibility index (Phi) is 8.73. The Morgan fingerprint density at radius 2 is 1.59 bits per heavy atom. The number of hydrazone groups is 1. The molecule has 0 aliphatic carbocycles. The summed E-state index contributed by atoms with van der Waals surface area (Å²) in [5.74, 6) is 0.900. The molecule has 190 valence electrons. The molecule has 1 aromatic heterocycles. The maximum Gasteiger partial charge on any atom is 0.277 e. The molecule has 4 rings (SSSR count). The number of amides is 1. The third kappa shape index (κ3) is 7.53. The van der Waals surface area contributed by atoms with Crippen LogP contribution in [-0.4, -0.2) is 31.5 Å². The smallest absolute Gasteiger partial charge is 0.277 e. The largest absolute Gasteiger partial charge is 0.484 e. The Balaban J connectivity index is 1.42. The molecule has 0 aliphatic rings. The Bertz CT molecular complexity index is 1440. The van der Waals surface area contributed by atoms with E-state index in [1.807, 2.05) is 48.5 Å². The third-order valence-electron chi connectivity index (χ3n) is 5.16. The molecule has 0 aliphatic heterocycles. The van der Waals surface area contributed by atoms with Gasteiger partial charge in [0.1, 0.15) is 17.3 Å². The number of hydrogen-bond acceptors (Lipinski definition) is 6. The average molecular weight is 538 g/mol. The van der Waals surface area contributed by atoms with E-state index in [2.05, 4.69) is 10.5 Å². The number of hydrogen-bond donors (Lipinski definition) is 1. The van der Waals surface area contributed by atoms with Crippen molar-refractivity contribution in [2.24, 2.45) is 5.10 Å². The van der Waals surface area contributed by atoms with E-state index in [1.165, 1.54) is 34.8 Å². The lowest BCUT2D eigenvalue weighted by Crippen LogP contribution is -2.30. The number of carbonyl (C=O) groups excluding carboxylic acids is 1. The van der Waals surface area contributed by atoms with Crippen molar-refractivity contribution in [1.29, 1.82) is 0 Å². The van der Waals surface area contributed by atoms with Gasteiger partial charge in [-0.1, -0.05) is 60.1 Å². The molecule has 37 heavy (non-hydrogen) atoms. The van der Waals surface area contributed by atoms with E-state index in [0.717, 1.165) is 5.56 Å². The van der Waals surface area contributed by atoms with Gasteiger partial charge in [-0.3, -0.25) is 4.79 Å². The summed E-state index contributed by atoms with van der Waals surface area (Å²) >= 11 is 5.94. The molecule has 8 nitrogen and oxygen atoms in total. The number of ether oxygens (including phenoxy) is 1. The first-order valence-corrected chi connectivity index (χ1v) is 13.1. The maximum absolute atomic E-state index is 13.4. The van der Waals surface area contributed by atoms with Crippen LogP contribution in [0.1, 0.15) is 17.1 Å². The lowest BCUT2D eigenvalue weighted by Gasteiger charge is -2.21. The molecule has 10 heteroatoms. The van der Waals surface area contributed by atoms with Gasteiger partial charge in [-0.15, -0.1) is 0 Å². The van der Waals surface area contributed by atoms with E-state index in [4.69, 9.17) is 20.8 Å². The summed E-state index contributed by atoms with van der Waals surface area (Å²) in [5.41, 5.74) is 3.19. The zero-order valence-electron chi connectivity index (χ0n) is 19.7. The molecule has 1 N–H and O–H groups in total. The molecule has 0 spiro atoms. The Hall–Kier alpha value is -3.92. The number of furan rings is 1. The predicted molar refractivity (Wildman–Crippen MR) is 141 cm³/mol. The quantitative estimate of drug-likeness (QED) is 0.218. The summed E-state index contributed by atoms with van der Waals surface area (Å²) in [6.07, 6.45) is 1.33. The molecule has 1 amide bonds. The van der Waals surface area contributed by atoms with Crippen LogP contribution in [-0.2, 0) is 27.9 Å². The van der Waals surface area contributed by atoms with Crippen molar-refractivity contribution in [3.8, 4) is 5.75 Å². The van der Waals surface area contributed by atoms with E-state index in [1.54, 1.807) is 24.3 Å². The molecule has 0 bridgehead atoms. The number of nitrogens with zero attached hydrogens (tertiary/aromatic N) is 2. The van der Waals surface area contributed by atoms with Crippen LogP contribution in [0.3, 0.4) is 0 Å². The minimum absolute atomic E-state index is 0.00896. The molecular weight excluding hydrogens is 514 g/mol. The highest BCUT2D eigenvalue weighted by Gasteiger charge is 2.26. The summed E-state index contributed by atoms with van der Waals surface area (Å²) in [6, 6.07) is 27.6. The minimum Gasteiger partial charge on any atom is -0.484 e. The summed E-state index contributed by atoms with van der Waals surface area (Å²) in [7, 11) is -3.85. The van der Waals surface area contributed by atoms with Crippen molar-refractivity contribution >= 4 is 33.7 Å². The fraction of sp³-hybridized carbons (Fsp3) is 0.111. The van der Waals surface area contributed by atoms with Gasteiger partial charge in [0.15, 0.2) is 6.61 Å². The van der Waals surface area contributed by atoms with Gasteiger partial charge in [-0.05, 0) is 54.1 Å². The van der Waals surface area contributed by atoms with Gasteiger partial charge in [0, 0.05) is 11.6 Å². The second-order valence-corrected chi connectivity index (χ2v) is 10.3. The Morgan fingerprint density at radius 3 is 2.30 bits per heavy atom. The van der Waals surface area contributed by atoms with Crippen LogP contribution < -0.4 is 10.2 Å². The van der Waals surface area contributed by atoms with E-state index in [-0.39, 0.29) is 24.6 Å². The number of halogens is 1. The van der Waals surface area contributed by atoms with Crippen LogP contribution in [0, 0.1) is 0 Å². The van der Waals surface area contributed by atoms with Gasteiger partial charge in [0.2, 0.25) is 10.0 Å². The number of nitrogens with one attached hydrogen (secondary N) is 1. The molecule has 0 atom stereocenters. The number of para-hydroxylation sites is 1. The van der Waals surface area contributed by atoms with Crippen molar-refractivity contribution in [2.45, 2.75) is 18.0 Å². The van der Waals surface area contributed by atoms with E-state index in [9.17, 15) is 13.2 Å². The molecule has 3 aromatic carbocycles. The number of carbonyl (C=O) groups is 1. The number of sulfonamides is 1. The van der Waals surface area contributed by atoms with Crippen LogP contribution in [0.15, 0.2) is 111 Å². The first-order chi connectivity index (χ1) is 17.9. The highest BCUT2D eigenvalue weighted by molar-refractivity contribution is 7.89. The SMILES string of the molecule is O=C(COc1ccccc1)N/N=C\c1ccc(CN(Cc2ccccc2)S(=O)(=O)c2ccc(Cl)cc2)o1. The van der Waals surface area contributed by atoms with Gasteiger partial charge in [-0.2, -0.15) is 9.41 Å². The van der Waals surface area contributed by atoms with Gasteiger partial charge in [-0.25, -0.2) is 13.8 Å². The van der Waals surface area contributed by atoms with Crippen molar-refractivity contribution in [2.75, 3.05) is 6.61 Å². The maximum atomic E-state index is 13.4. The van der Waals surface area contributed by atoms with Crippen molar-refractivity contribution in [3.63, 3.8) is 0 Å². The number of benzene rings is 3. The summed E-state index contributed by atoms with van der Waals surface area (Å²) in [6.45, 7) is -0.0554. The lowest BCUT2D eigenvalue weighted by atomic mass is 10.2. The van der Waals surface area contributed by atoms with Crippen LogP contribution in [0.25, 0.3) is 0 Å². The van der Waals surface area contributed by atoms with Crippen molar-refractivity contribution in [1.82, 2.24) is 9.73 Å². The first-order valence-electron chi connectivity index (χ1n) is 11.3. The van der Waals surface area contributed by atoms with Crippen LogP contribution in [0.4, 0.5) is 0 Å². The van der Waals surface area contributed by atoms with Crippen LogP contribution in [0.2, 0.25) is 5.02 Å². The highest BCUT2D eigenvalue weighted by atomic mass is 35.5. The number of rotatable bonds is 11. The van der Waals surface area contributed by atoms with Crippen LogP contribution in [0.5, 0.6) is 5.75 Å². The molecule has 0 saturated carbocycles. The van der Waals surface area contributed by atoms with Gasteiger partial charge < -0.3 is 9.15 Å². The lowest BCUT2D eigenvalue weighted by molar-refractivity contribution is -0.123. The van der Waals surface area contributed by atoms with Gasteiger partial charge >= 0.3 is 0 Å². The highest BCUT2D eigenvalue weighted by Crippen LogP contribution is 2.23. The molecule has 4 aromatic rings. The second kappa shape index (κ2) is 12.4. The fourth-order valence-electron chi connectivity index (χ4n) is 3.36. The fourth-order valence-corrected chi connectivity index (χ4v) is 4.88. The van der Waals surface area contributed by atoms with Crippen LogP contribution >= 0.6 is 11.6 Å². The van der Waals surface area contributed by atoms with Crippen molar-refractivity contribution in [3.05, 3.63) is 119 Å². The third-order valence-corrected chi connectivity index (χ3v) is 7.22. The predicted octanol–water partition coefficient (Wildman–Crippen LogP) is 4.85. The second-order valence-electron chi connectivity index (χ2n) is 7.91. The van der Waals surface area contributed by atoms with Crippen molar-refractivity contribution < 1.29 is 22.4 Å². The standard InChI is InChI=1S/C27H24ClN3O5S/c28-22-11-15-26(16-12-22)37(33,34)31(18-21-7-3-1-4-8-21)19-25-14-13-24(36-25)17-29-30-27(32)20-35-23-9-5-2-6-10-23/h1-17H,18-20H2,(H,30,32)/b29-17-. The first kappa shape index (κ1) is 26.2. The molecular formula is C27H24ClN3O5S. The zero-order chi connectivity index (χ0) is 26.1. The molecule has 0 fully saturated rings. The topological polar surface area (TPSA) is 101 Å². The summed E-state index contributed by atoms with van der Waals surface area (Å²) < 4.78 is 39.3. The Morgan fingerprint density at radius 1 is 0.919 bits per heavy atom. The zero-order valence-corrected chi connectivity index (χ0v) is 21.2. The summed E-state index contributed by atoms with van der Waals surface area (Å²) in [4.78, 5) is 12.1. The summed E-state index contributed by atoms with van der Waals surface area (Å²) in [5, 5.41) is 4.32. The van der Waals surface area contributed by atoms with Gasteiger partial charge in [0.05, 0.1) is 17.7 Å². The normalized spacial score (nSPS) is 11.6. The van der Waals surface area contributed by atoms with E-state index < -0.39 is 15.9 Å². The molecule has 0 saturated heterocycles. The van der Waals surface area contributed by atoms with E-state index >= 15 is 0 Å². The van der Waals surface area contributed by atoms with Gasteiger partial charge in [0.25, 0.3) is 5.91 Å². The Labute approximate surface area is 220 Å². The molecule has 1 heterocycles. The minimum atomic E-state index is -3.85. The van der Waals surface area contributed by atoms with E-state index in [0.29, 0.717) is 22.3 Å². The molecule has 0 unspecified atom stereocenters. The molecule has 0 radical (unpaired) electrons. The average Bonchev–Trinajstić information content (AvgIpc) is 3.36.